The number of nitrogens with one attached hydrogen (secondary N) is 1. The quantitative estimate of drug-likeness (QED) is 0.717. The Bertz CT molecular complexity index is 644. The fourth-order valence-corrected chi connectivity index (χ4v) is 3.09. The minimum Gasteiger partial charge on any atom is -0.484 e. The van der Waals surface area contributed by atoms with Gasteiger partial charge in [-0.3, -0.25) is 9.59 Å². The summed E-state index contributed by atoms with van der Waals surface area (Å²) >= 11 is 0. The normalized spacial score (nSPS) is 22.3. The lowest BCUT2D eigenvalue weighted by Crippen LogP contribution is -2.45. The first-order valence-corrected chi connectivity index (χ1v) is 8.84. The van der Waals surface area contributed by atoms with E-state index < -0.39 is 11.9 Å². The van der Waals surface area contributed by atoms with Crippen molar-refractivity contribution in [2.75, 3.05) is 13.2 Å². The van der Waals surface area contributed by atoms with Crippen LogP contribution in [0, 0.1) is 11.8 Å². The molecule has 0 unspecified atom stereocenters. The van der Waals surface area contributed by atoms with Crippen molar-refractivity contribution in [3.05, 3.63) is 29.8 Å². The summed E-state index contributed by atoms with van der Waals surface area (Å²) in [5, 5.41) is 2.96. The van der Waals surface area contributed by atoms with E-state index in [2.05, 4.69) is 19.2 Å². The molecule has 0 bridgehead atoms. The third-order valence-corrected chi connectivity index (χ3v) is 4.86. The molecular formula is C19H26N2O5. The molecule has 1 aliphatic rings. The number of carbonyl (C=O) groups is 3. The molecule has 0 radical (unpaired) electrons. The minimum atomic E-state index is -0.591. The van der Waals surface area contributed by atoms with Crippen LogP contribution in [-0.2, 0) is 14.3 Å². The largest absolute Gasteiger partial charge is 0.484 e. The Kier molecular flexibility index (Phi) is 7.00. The number of nitrogens with two attached hydrogens (primary N) is 1. The summed E-state index contributed by atoms with van der Waals surface area (Å²) in [6, 6.07) is 6.20. The summed E-state index contributed by atoms with van der Waals surface area (Å²) in [4.78, 5) is 34.7. The highest BCUT2D eigenvalue weighted by Gasteiger charge is 2.28. The zero-order chi connectivity index (χ0) is 19.1. The second kappa shape index (κ2) is 9.22. The fraction of sp³-hybridized carbons (Fsp3) is 0.526. The molecule has 2 amide bonds. The van der Waals surface area contributed by atoms with Gasteiger partial charge in [-0.15, -0.1) is 0 Å². The van der Waals surface area contributed by atoms with Crippen molar-refractivity contribution in [3.8, 4) is 5.75 Å². The predicted molar refractivity (Wildman–Crippen MR) is 95.5 cm³/mol. The SMILES string of the molecule is C[C@H]1[C@H](C)CCC[C@H]1NC(=O)COC(=O)c1ccc(OCC(N)=O)cc1. The van der Waals surface area contributed by atoms with Gasteiger partial charge in [0, 0.05) is 6.04 Å². The summed E-state index contributed by atoms with van der Waals surface area (Å²) in [6.45, 7) is 3.79. The van der Waals surface area contributed by atoms with Gasteiger partial charge in [0.15, 0.2) is 13.2 Å². The van der Waals surface area contributed by atoms with Crippen LogP contribution in [0.1, 0.15) is 43.5 Å². The molecule has 26 heavy (non-hydrogen) atoms. The summed E-state index contributed by atoms with van der Waals surface area (Å²) in [5.74, 6) is -0.0553. The number of ether oxygens (including phenoxy) is 2. The van der Waals surface area contributed by atoms with Gasteiger partial charge >= 0.3 is 5.97 Å². The summed E-state index contributed by atoms with van der Waals surface area (Å²) in [7, 11) is 0. The zero-order valence-corrected chi connectivity index (χ0v) is 15.2. The van der Waals surface area contributed by atoms with Crippen molar-refractivity contribution < 1.29 is 23.9 Å². The monoisotopic (exact) mass is 362 g/mol. The van der Waals surface area contributed by atoms with Crippen LogP contribution >= 0.6 is 0 Å². The molecule has 1 fully saturated rings. The van der Waals surface area contributed by atoms with Gasteiger partial charge in [-0.05, 0) is 42.5 Å². The van der Waals surface area contributed by atoms with E-state index in [-0.39, 0.29) is 25.2 Å². The molecule has 0 aromatic heterocycles. The molecule has 1 saturated carbocycles. The highest BCUT2D eigenvalue weighted by atomic mass is 16.5. The van der Waals surface area contributed by atoms with Crippen LogP contribution in [0.4, 0.5) is 0 Å². The van der Waals surface area contributed by atoms with Crippen molar-refractivity contribution in [2.24, 2.45) is 17.6 Å². The maximum absolute atomic E-state index is 12.1. The lowest BCUT2D eigenvalue weighted by atomic mass is 9.78. The molecule has 142 valence electrons. The van der Waals surface area contributed by atoms with Crippen molar-refractivity contribution in [1.29, 1.82) is 0 Å². The van der Waals surface area contributed by atoms with Gasteiger partial charge < -0.3 is 20.5 Å². The topological polar surface area (TPSA) is 108 Å². The van der Waals surface area contributed by atoms with Crippen LogP contribution in [0.2, 0.25) is 0 Å². The number of esters is 1. The fourth-order valence-electron chi connectivity index (χ4n) is 3.09. The molecule has 3 atom stereocenters. The van der Waals surface area contributed by atoms with Crippen LogP contribution in [0.15, 0.2) is 24.3 Å². The second-order valence-electron chi connectivity index (χ2n) is 6.80. The van der Waals surface area contributed by atoms with Gasteiger partial charge in [0.25, 0.3) is 11.8 Å². The molecule has 0 heterocycles. The van der Waals surface area contributed by atoms with E-state index in [1.807, 2.05) is 0 Å². The molecule has 1 aromatic rings. The first kappa shape index (κ1) is 19.8. The number of amides is 2. The first-order valence-electron chi connectivity index (χ1n) is 8.84. The third-order valence-electron chi connectivity index (χ3n) is 4.86. The van der Waals surface area contributed by atoms with Gasteiger partial charge in [-0.25, -0.2) is 4.79 Å². The van der Waals surface area contributed by atoms with Gasteiger partial charge in [-0.2, -0.15) is 0 Å². The summed E-state index contributed by atoms with van der Waals surface area (Å²) in [5.41, 5.74) is 5.29. The van der Waals surface area contributed by atoms with Gasteiger partial charge in [0.1, 0.15) is 5.75 Å². The standard InChI is InChI=1S/C19H26N2O5/c1-12-4-3-5-16(13(12)2)21-18(23)11-26-19(24)14-6-8-15(9-7-14)25-10-17(20)22/h6-9,12-13,16H,3-5,10-11H2,1-2H3,(H2,20,22)(H,21,23)/t12-,13+,16-/m1/s1. The van der Waals surface area contributed by atoms with E-state index in [0.717, 1.165) is 12.8 Å². The van der Waals surface area contributed by atoms with Crippen LogP contribution in [-0.4, -0.2) is 37.0 Å². The summed E-state index contributed by atoms with van der Waals surface area (Å²) in [6.07, 6.45) is 3.24. The third kappa shape index (κ3) is 5.75. The molecule has 3 N–H and O–H groups in total. The zero-order valence-electron chi connectivity index (χ0n) is 15.2. The maximum atomic E-state index is 12.1. The Labute approximate surface area is 153 Å². The van der Waals surface area contributed by atoms with Gasteiger partial charge in [-0.1, -0.05) is 26.7 Å². The number of hydrogen-bond donors (Lipinski definition) is 2. The Morgan fingerprint density at radius 3 is 2.46 bits per heavy atom. The lowest BCUT2D eigenvalue weighted by Gasteiger charge is -2.34. The van der Waals surface area contributed by atoms with E-state index in [4.69, 9.17) is 15.2 Å². The average Bonchev–Trinajstić information content (AvgIpc) is 2.62. The van der Waals surface area contributed by atoms with Crippen LogP contribution < -0.4 is 15.8 Å². The van der Waals surface area contributed by atoms with E-state index >= 15 is 0 Å². The average molecular weight is 362 g/mol. The number of carbonyl (C=O) groups excluding carboxylic acids is 3. The molecule has 0 spiro atoms. The van der Waals surface area contributed by atoms with E-state index in [0.29, 0.717) is 23.1 Å². The van der Waals surface area contributed by atoms with Crippen molar-refractivity contribution in [1.82, 2.24) is 5.32 Å². The van der Waals surface area contributed by atoms with Gasteiger partial charge in [0.05, 0.1) is 5.56 Å². The Balaban J connectivity index is 1.78. The molecule has 7 nitrogen and oxygen atoms in total. The number of primary amides is 1. The highest BCUT2D eigenvalue weighted by molar-refractivity contribution is 5.91. The van der Waals surface area contributed by atoms with Gasteiger partial charge in [0.2, 0.25) is 0 Å². The predicted octanol–water partition coefficient (Wildman–Crippen LogP) is 1.65. The van der Waals surface area contributed by atoms with E-state index in [1.165, 1.54) is 30.7 Å². The number of hydrogen-bond acceptors (Lipinski definition) is 5. The molecule has 1 aromatic carbocycles. The smallest absolute Gasteiger partial charge is 0.338 e. The van der Waals surface area contributed by atoms with Crippen molar-refractivity contribution in [3.63, 3.8) is 0 Å². The highest BCUT2D eigenvalue weighted by Crippen LogP contribution is 2.29. The first-order chi connectivity index (χ1) is 12.4. The Morgan fingerprint density at radius 1 is 1.12 bits per heavy atom. The van der Waals surface area contributed by atoms with E-state index in [9.17, 15) is 14.4 Å². The molecule has 0 aliphatic heterocycles. The minimum absolute atomic E-state index is 0.131. The second-order valence-corrected chi connectivity index (χ2v) is 6.80. The Morgan fingerprint density at radius 2 is 1.81 bits per heavy atom. The maximum Gasteiger partial charge on any atom is 0.338 e. The molecule has 7 heteroatoms. The molecule has 0 saturated heterocycles. The summed E-state index contributed by atoms with van der Waals surface area (Å²) < 4.78 is 10.2. The van der Waals surface area contributed by atoms with Crippen LogP contribution in [0.25, 0.3) is 0 Å². The van der Waals surface area contributed by atoms with Crippen molar-refractivity contribution >= 4 is 17.8 Å². The van der Waals surface area contributed by atoms with Crippen LogP contribution in [0.3, 0.4) is 0 Å². The lowest BCUT2D eigenvalue weighted by molar-refractivity contribution is -0.125. The molecular weight excluding hydrogens is 336 g/mol. The number of benzene rings is 1. The van der Waals surface area contributed by atoms with Crippen molar-refractivity contribution in [2.45, 2.75) is 39.2 Å². The Hall–Kier alpha value is -2.57. The van der Waals surface area contributed by atoms with Crippen LogP contribution in [0.5, 0.6) is 5.75 Å². The number of rotatable bonds is 7. The molecule has 1 aliphatic carbocycles. The van der Waals surface area contributed by atoms with E-state index in [1.54, 1.807) is 0 Å². The molecule has 2 rings (SSSR count).